The van der Waals surface area contributed by atoms with Crippen molar-refractivity contribution in [2.45, 2.75) is 27.1 Å². The van der Waals surface area contributed by atoms with E-state index in [1.165, 1.54) is 12.8 Å². The third-order valence-corrected chi connectivity index (χ3v) is 5.67. The maximum atomic E-state index is 2.64. The van der Waals surface area contributed by atoms with E-state index in [1.54, 1.807) is 6.42 Å². The van der Waals surface area contributed by atoms with Crippen molar-refractivity contribution >= 4 is 45.2 Å². The highest BCUT2D eigenvalue weighted by molar-refractivity contribution is 14.1. The molecule has 9 heavy (non-hydrogen) atoms. The molecule has 0 aromatic rings. The largest absolute Gasteiger partial charge is 0.0826 e. The average Bonchev–Trinajstić information content (AvgIpc) is 1.87. The second-order valence-electron chi connectivity index (χ2n) is 3.27. The fourth-order valence-corrected chi connectivity index (χ4v) is 4.52. The van der Waals surface area contributed by atoms with Crippen LogP contribution in [-0.4, -0.2) is 7.85 Å². The smallest absolute Gasteiger partial charge is 0.0167 e. The van der Waals surface area contributed by atoms with Crippen molar-refractivity contribution in [1.82, 2.24) is 0 Å². The molecule has 2 bridgehead atoms. The van der Waals surface area contributed by atoms with E-state index in [0.717, 1.165) is 19.7 Å². The first-order valence-electron chi connectivity index (χ1n) is 3.55. The molecule has 3 aliphatic rings. The Balaban J connectivity index is 2.01. The summed E-state index contributed by atoms with van der Waals surface area (Å²) < 4.78 is 2.06. The Labute approximate surface area is 83.4 Å². The molecule has 0 spiro atoms. The standard InChI is InChI=1S/C7H10I2/c8-6-2-4-1-5(3-6)7(4)9/h4-7H,1-3H2. The molecule has 0 amide bonds. The van der Waals surface area contributed by atoms with Crippen LogP contribution in [0.15, 0.2) is 0 Å². The predicted molar refractivity (Wildman–Crippen MR) is 56.4 cm³/mol. The SMILES string of the molecule is IC1CC2CC(C1)C2I. The van der Waals surface area contributed by atoms with E-state index in [1.807, 2.05) is 0 Å². The van der Waals surface area contributed by atoms with Gasteiger partial charge >= 0.3 is 0 Å². The molecule has 0 nitrogen and oxygen atoms in total. The molecule has 0 saturated heterocycles. The van der Waals surface area contributed by atoms with Gasteiger partial charge in [-0.15, -0.1) is 0 Å². The summed E-state index contributed by atoms with van der Waals surface area (Å²) in [7, 11) is 0. The summed E-state index contributed by atoms with van der Waals surface area (Å²) in [5, 5.41) is 0. The Kier molecular flexibility index (Phi) is 1.98. The lowest BCUT2D eigenvalue weighted by atomic mass is 9.65. The van der Waals surface area contributed by atoms with Crippen LogP contribution in [0, 0.1) is 11.8 Å². The van der Waals surface area contributed by atoms with Crippen molar-refractivity contribution in [2.24, 2.45) is 11.8 Å². The molecule has 0 N–H and O–H groups in total. The van der Waals surface area contributed by atoms with Crippen molar-refractivity contribution in [3.05, 3.63) is 0 Å². The van der Waals surface area contributed by atoms with Crippen LogP contribution in [0.4, 0.5) is 0 Å². The minimum absolute atomic E-state index is 1.01. The van der Waals surface area contributed by atoms with E-state index in [-0.39, 0.29) is 0 Å². The molecule has 0 aromatic heterocycles. The fraction of sp³-hybridized carbons (Fsp3) is 1.00. The molecule has 0 radical (unpaired) electrons. The lowest BCUT2D eigenvalue weighted by molar-refractivity contribution is 0.148. The van der Waals surface area contributed by atoms with Crippen LogP contribution in [-0.2, 0) is 0 Å². The van der Waals surface area contributed by atoms with Crippen LogP contribution in [0.2, 0.25) is 0 Å². The van der Waals surface area contributed by atoms with Crippen LogP contribution >= 0.6 is 45.2 Å². The summed E-state index contributed by atoms with van der Waals surface area (Å²) in [5.74, 6) is 2.21. The molecular weight excluding hydrogens is 338 g/mol. The first-order valence-corrected chi connectivity index (χ1v) is 6.04. The fourth-order valence-electron chi connectivity index (χ4n) is 2.04. The van der Waals surface area contributed by atoms with Crippen LogP contribution < -0.4 is 0 Å². The zero-order chi connectivity index (χ0) is 6.43. The van der Waals surface area contributed by atoms with Crippen molar-refractivity contribution in [3.8, 4) is 0 Å². The van der Waals surface area contributed by atoms with Gasteiger partial charge in [0.05, 0.1) is 0 Å². The van der Waals surface area contributed by atoms with Crippen molar-refractivity contribution < 1.29 is 0 Å². The quantitative estimate of drug-likeness (QED) is 0.467. The van der Waals surface area contributed by atoms with Gasteiger partial charge < -0.3 is 0 Å². The molecule has 0 aliphatic heterocycles. The molecule has 0 aromatic carbocycles. The molecule has 2 atom stereocenters. The van der Waals surface area contributed by atoms with Crippen molar-refractivity contribution in [2.75, 3.05) is 0 Å². The Morgan fingerprint density at radius 3 is 1.78 bits per heavy atom. The topological polar surface area (TPSA) is 0 Å². The number of fused-ring (bicyclic) bond motifs is 2. The number of halogens is 2. The van der Waals surface area contributed by atoms with Gasteiger partial charge in [-0.2, -0.15) is 0 Å². The summed E-state index contributed by atoms with van der Waals surface area (Å²) >= 11 is 5.25. The Bertz CT molecular complexity index is 112. The Morgan fingerprint density at radius 2 is 1.44 bits per heavy atom. The summed E-state index contributed by atoms with van der Waals surface area (Å²) in [6.07, 6.45) is 4.56. The molecule has 2 heteroatoms. The highest BCUT2D eigenvalue weighted by atomic mass is 127. The van der Waals surface area contributed by atoms with Gasteiger partial charge in [0.2, 0.25) is 0 Å². The van der Waals surface area contributed by atoms with Gasteiger partial charge in [-0.1, -0.05) is 45.2 Å². The van der Waals surface area contributed by atoms with Crippen LogP contribution in [0.25, 0.3) is 0 Å². The minimum Gasteiger partial charge on any atom is -0.0826 e. The summed E-state index contributed by atoms with van der Waals surface area (Å²) in [5.41, 5.74) is 0. The molecule has 3 saturated carbocycles. The van der Waals surface area contributed by atoms with Gasteiger partial charge in [0, 0.05) is 7.85 Å². The predicted octanol–water partition coefficient (Wildman–Crippen LogP) is 3.02. The maximum Gasteiger partial charge on any atom is 0.0167 e. The normalized spacial score (nSPS) is 56.7. The lowest BCUT2D eigenvalue weighted by Crippen LogP contribution is -2.44. The number of hydrogen-bond donors (Lipinski definition) is 0. The first kappa shape index (κ1) is 7.13. The van der Waals surface area contributed by atoms with Gasteiger partial charge in [-0.25, -0.2) is 0 Å². The van der Waals surface area contributed by atoms with Gasteiger partial charge in [-0.3, -0.25) is 0 Å². The van der Waals surface area contributed by atoms with E-state index in [2.05, 4.69) is 45.2 Å². The molecule has 3 aliphatic carbocycles. The molecule has 3 fully saturated rings. The van der Waals surface area contributed by atoms with E-state index in [4.69, 9.17) is 0 Å². The maximum absolute atomic E-state index is 2.64. The Hall–Kier alpha value is 1.46. The molecule has 52 valence electrons. The molecule has 2 unspecified atom stereocenters. The number of hydrogen-bond acceptors (Lipinski definition) is 0. The van der Waals surface area contributed by atoms with Crippen molar-refractivity contribution in [3.63, 3.8) is 0 Å². The number of rotatable bonds is 0. The average molecular weight is 348 g/mol. The van der Waals surface area contributed by atoms with Crippen molar-refractivity contribution in [1.29, 1.82) is 0 Å². The highest BCUT2D eigenvalue weighted by Gasteiger charge is 2.44. The minimum atomic E-state index is 1.01. The summed E-state index contributed by atoms with van der Waals surface area (Å²) in [4.78, 5) is 0. The third kappa shape index (κ3) is 1.14. The monoisotopic (exact) mass is 348 g/mol. The highest BCUT2D eigenvalue weighted by Crippen LogP contribution is 2.51. The molecule has 0 heterocycles. The second-order valence-corrected chi connectivity index (χ2v) is 6.47. The zero-order valence-corrected chi connectivity index (χ0v) is 9.50. The van der Waals surface area contributed by atoms with E-state index in [9.17, 15) is 0 Å². The van der Waals surface area contributed by atoms with Gasteiger partial charge in [-0.05, 0) is 31.1 Å². The zero-order valence-electron chi connectivity index (χ0n) is 5.19. The van der Waals surface area contributed by atoms with E-state index >= 15 is 0 Å². The van der Waals surface area contributed by atoms with E-state index < -0.39 is 0 Å². The number of alkyl halides is 2. The summed E-state index contributed by atoms with van der Waals surface area (Å²) in [6, 6.07) is 0. The first-order chi connectivity index (χ1) is 4.27. The van der Waals surface area contributed by atoms with Crippen LogP contribution in [0.3, 0.4) is 0 Å². The van der Waals surface area contributed by atoms with Crippen LogP contribution in [0.1, 0.15) is 19.3 Å². The van der Waals surface area contributed by atoms with Crippen LogP contribution in [0.5, 0.6) is 0 Å². The van der Waals surface area contributed by atoms with Gasteiger partial charge in [0.1, 0.15) is 0 Å². The second kappa shape index (κ2) is 2.50. The third-order valence-electron chi connectivity index (χ3n) is 2.62. The lowest BCUT2D eigenvalue weighted by Gasteiger charge is -2.48. The van der Waals surface area contributed by atoms with Gasteiger partial charge in [0.15, 0.2) is 0 Å². The van der Waals surface area contributed by atoms with E-state index in [0.29, 0.717) is 0 Å². The Morgan fingerprint density at radius 1 is 0.889 bits per heavy atom. The molecular formula is C7H10I2. The molecule has 3 rings (SSSR count). The van der Waals surface area contributed by atoms with Gasteiger partial charge in [0.25, 0.3) is 0 Å². The summed E-state index contributed by atoms with van der Waals surface area (Å²) in [6.45, 7) is 0.